The van der Waals surface area contributed by atoms with Gasteiger partial charge in [0.15, 0.2) is 0 Å². The zero-order valence-corrected chi connectivity index (χ0v) is 13.6. The second kappa shape index (κ2) is 6.38. The van der Waals surface area contributed by atoms with Gasteiger partial charge in [0.25, 0.3) is 0 Å². The molecule has 4 rings (SSSR count). The van der Waals surface area contributed by atoms with Crippen LogP contribution in [0.15, 0.2) is 79.1 Å². The Hall–Kier alpha value is -2.78. The Bertz CT molecular complexity index is 926. The predicted octanol–water partition coefficient (Wildman–Crippen LogP) is 5.23. The minimum absolute atomic E-state index is 0.519. The average molecular weight is 335 g/mol. The first kappa shape index (κ1) is 14.8. The van der Waals surface area contributed by atoms with Gasteiger partial charge >= 0.3 is 0 Å². The zero-order chi connectivity index (χ0) is 16.4. The summed E-state index contributed by atoms with van der Waals surface area (Å²) in [5.41, 5.74) is 4.04. The smallest absolute Gasteiger partial charge is 0.137 e. The van der Waals surface area contributed by atoms with Gasteiger partial charge in [-0.3, -0.25) is 0 Å². The van der Waals surface area contributed by atoms with Gasteiger partial charge in [-0.25, -0.2) is 4.98 Å². The van der Waals surface area contributed by atoms with E-state index in [-0.39, 0.29) is 0 Å². The van der Waals surface area contributed by atoms with E-state index in [1.807, 2.05) is 83.5 Å². The van der Waals surface area contributed by atoms with Crippen LogP contribution in [0, 0.1) is 0 Å². The minimum atomic E-state index is 0.519. The standard InChI is InChI=1S/C20H15ClN2O/c21-17-8-4-15(5-9-17)14-24-18-10-6-16(7-11-18)19-13-23-12-2-1-3-20(23)22-19/h1-13H,14H2. The maximum atomic E-state index is 5.89. The second-order valence-corrected chi connectivity index (χ2v) is 5.97. The largest absolute Gasteiger partial charge is 0.489 e. The molecule has 0 fully saturated rings. The summed E-state index contributed by atoms with van der Waals surface area (Å²) in [6, 6.07) is 21.6. The van der Waals surface area contributed by atoms with E-state index >= 15 is 0 Å². The molecule has 0 N–H and O–H groups in total. The molecule has 4 aromatic rings. The predicted molar refractivity (Wildman–Crippen MR) is 96.4 cm³/mol. The summed E-state index contributed by atoms with van der Waals surface area (Å²) in [5, 5.41) is 0.732. The molecule has 3 nitrogen and oxygen atoms in total. The summed E-state index contributed by atoms with van der Waals surface area (Å²) in [4.78, 5) is 4.62. The van der Waals surface area contributed by atoms with Crippen LogP contribution in [0.3, 0.4) is 0 Å². The van der Waals surface area contributed by atoms with E-state index in [2.05, 4.69) is 4.98 Å². The Morgan fingerprint density at radius 2 is 1.71 bits per heavy atom. The van der Waals surface area contributed by atoms with Gasteiger partial charge in [0.2, 0.25) is 0 Å². The normalized spacial score (nSPS) is 10.9. The molecule has 0 aliphatic heterocycles. The minimum Gasteiger partial charge on any atom is -0.489 e. The van der Waals surface area contributed by atoms with E-state index in [4.69, 9.17) is 16.3 Å². The van der Waals surface area contributed by atoms with E-state index < -0.39 is 0 Å². The molecular formula is C20H15ClN2O. The molecule has 4 heteroatoms. The number of rotatable bonds is 4. The highest BCUT2D eigenvalue weighted by Crippen LogP contribution is 2.23. The third-order valence-electron chi connectivity index (χ3n) is 3.83. The fourth-order valence-electron chi connectivity index (χ4n) is 2.54. The number of aromatic nitrogens is 2. The molecule has 24 heavy (non-hydrogen) atoms. The first-order chi connectivity index (χ1) is 11.8. The van der Waals surface area contributed by atoms with Crippen molar-refractivity contribution in [1.29, 1.82) is 0 Å². The SMILES string of the molecule is Clc1ccc(COc2ccc(-c3cn4ccccc4n3)cc2)cc1. The first-order valence-electron chi connectivity index (χ1n) is 7.69. The van der Waals surface area contributed by atoms with Crippen LogP contribution in [-0.2, 0) is 6.61 Å². The highest BCUT2D eigenvalue weighted by molar-refractivity contribution is 6.30. The van der Waals surface area contributed by atoms with Crippen molar-refractivity contribution in [1.82, 2.24) is 9.38 Å². The highest BCUT2D eigenvalue weighted by atomic mass is 35.5. The number of hydrogen-bond donors (Lipinski definition) is 0. The zero-order valence-electron chi connectivity index (χ0n) is 12.9. The van der Waals surface area contributed by atoms with Gasteiger partial charge in [0.05, 0.1) is 5.69 Å². The maximum Gasteiger partial charge on any atom is 0.137 e. The molecule has 118 valence electrons. The van der Waals surface area contributed by atoms with Gasteiger partial charge in [-0.05, 0) is 54.1 Å². The van der Waals surface area contributed by atoms with Gasteiger partial charge in [0.1, 0.15) is 18.0 Å². The molecular weight excluding hydrogens is 320 g/mol. The van der Waals surface area contributed by atoms with E-state index in [1.54, 1.807) is 0 Å². The summed E-state index contributed by atoms with van der Waals surface area (Å²) in [7, 11) is 0. The molecule has 2 aromatic heterocycles. The molecule has 0 radical (unpaired) electrons. The first-order valence-corrected chi connectivity index (χ1v) is 8.07. The van der Waals surface area contributed by atoms with Crippen LogP contribution in [0.25, 0.3) is 16.9 Å². The molecule has 0 saturated carbocycles. The Kier molecular flexibility index (Phi) is 3.93. The van der Waals surface area contributed by atoms with Gasteiger partial charge in [-0.1, -0.05) is 29.8 Å². The van der Waals surface area contributed by atoms with Gasteiger partial charge in [0, 0.05) is 23.0 Å². The van der Waals surface area contributed by atoms with E-state index in [0.29, 0.717) is 6.61 Å². The fraction of sp³-hybridized carbons (Fsp3) is 0.0500. The number of halogens is 1. The van der Waals surface area contributed by atoms with Crippen molar-refractivity contribution in [3.8, 4) is 17.0 Å². The van der Waals surface area contributed by atoms with Crippen molar-refractivity contribution in [3.05, 3.63) is 89.7 Å². The van der Waals surface area contributed by atoms with Crippen LogP contribution in [0.4, 0.5) is 0 Å². The number of imidazole rings is 1. The second-order valence-electron chi connectivity index (χ2n) is 5.53. The van der Waals surface area contributed by atoms with Crippen molar-refractivity contribution in [3.63, 3.8) is 0 Å². The number of fused-ring (bicyclic) bond motifs is 1. The van der Waals surface area contributed by atoms with Crippen molar-refractivity contribution in [2.24, 2.45) is 0 Å². The van der Waals surface area contributed by atoms with E-state index in [9.17, 15) is 0 Å². The lowest BCUT2D eigenvalue weighted by Gasteiger charge is -2.07. The van der Waals surface area contributed by atoms with Gasteiger partial charge in [-0.15, -0.1) is 0 Å². The molecule has 0 saturated heterocycles. The van der Waals surface area contributed by atoms with Crippen molar-refractivity contribution in [2.45, 2.75) is 6.61 Å². The number of pyridine rings is 1. The molecule has 2 aromatic carbocycles. The van der Waals surface area contributed by atoms with Gasteiger partial charge in [-0.2, -0.15) is 0 Å². The Morgan fingerprint density at radius 1 is 0.917 bits per heavy atom. The fourth-order valence-corrected chi connectivity index (χ4v) is 2.67. The Balaban J connectivity index is 1.48. The number of hydrogen-bond acceptors (Lipinski definition) is 2. The van der Waals surface area contributed by atoms with Crippen molar-refractivity contribution >= 4 is 17.2 Å². The molecule has 0 bridgehead atoms. The summed E-state index contributed by atoms with van der Waals surface area (Å²) in [6.45, 7) is 0.519. The van der Waals surface area contributed by atoms with Crippen LogP contribution >= 0.6 is 11.6 Å². The summed E-state index contributed by atoms with van der Waals surface area (Å²) < 4.78 is 7.83. The Labute approximate surface area is 145 Å². The van der Waals surface area contributed by atoms with E-state index in [1.165, 1.54) is 0 Å². The number of nitrogens with zero attached hydrogens (tertiary/aromatic N) is 2. The molecule has 0 unspecified atom stereocenters. The third-order valence-corrected chi connectivity index (χ3v) is 4.08. The quantitative estimate of drug-likeness (QED) is 0.510. The third kappa shape index (κ3) is 3.12. The lowest BCUT2D eigenvalue weighted by molar-refractivity contribution is 0.306. The molecule has 0 aliphatic carbocycles. The number of benzene rings is 2. The van der Waals surface area contributed by atoms with Crippen molar-refractivity contribution < 1.29 is 4.74 Å². The van der Waals surface area contributed by atoms with Crippen LogP contribution in [-0.4, -0.2) is 9.38 Å². The highest BCUT2D eigenvalue weighted by Gasteiger charge is 2.04. The average Bonchev–Trinajstić information content (AvgIpc) is 3.06. The maximum absolute atomic E-state index is 5.89. The molecule has 0 amide bonds. The molecule has 2 heterocycles. The molecule has 0 atom stereocenters. The summed E-state index contributed by atoms with van der Waals surface area (Å²) >= 11 is 5.89. The van der Waals surface area contributed by atoms with Crippen LogP contribution < -0.4 is 4.74 Å². The van der Waals surface area contributed by atoms with Crippen molar-refractivity contribution in [2.75, 3.05) is 0 Å². The molecule has 0 spiro atoms. The van der Waals surface area contributed by atoms with Gasteiger partial charge < -0.3 is 9.14 Å². The molecule has 0 aliphatic rings. The lowest BCUT2D eigenvalue weighted by atomic mass is 10.1. The van der Waals surface area contributed by atoms with E-state index in [0.717, 1.165) is 33.2 Å². The summed E-state index contributed by atoms with van der Waals surface area (Å²) in [6.07, 6.45) is 4.02. The lowest BCUT2D eigenvalue weighted by Crippen LogP contribution is -1.94. The topological polar surface area (TPSA) is 26.5 Å². The Morgan fingerprint density at radius 3 is 2.46 bits per heavy atom. The summed E-state index contributed by atoms with van der Waals surface area (Å²) in [5.74, 6) is 0.831. The van der Waals surface area contributed by atoms with Crippen LogP contribution in [0.1, 0.15) is 5.56 Å². The number of ether oxygens (including phenoxy) is 1. The monoisotopic (exact) mass is 334 g/mol. The van der Waals surface area contributed by atoms with Crippen LogP contribution in [0.2, 0.25) is 5.02 Å². The van der Waals surface area contributed by atoms with Crippen LogP contribution in [0.5, 0.6) is 5.75 Å².